The fraction of sp³-hybridized carbons (Fsp3) is 0.227. The smallest absolute Gasteiger partial charge is 0.272 e. The molecule has 1 aromatic heterocycles. The second kappa shape index (κ2) is 9.08. The normalized spacial score (nSPS) is 10.5. The molecule has 1 amide bonds. The van der Waals surface area contributed by atoms with E-state index < -0.39 is 0 Å². The topological polar surface area (TPSA) is 58.1 Å². The number of halogens is 1. The Morgan fingerprint density at radius 1 is 1.04 bits per heavy atom. The summed E-state index contributed by atoms with van der Waals surface area (Å²) in [5.74, 6) is 0.674. The molecule has 0 spiro atoms. The Bertz CT molecular complexity index is 929. The summed E-state index contributed by atoms with van der Waals surface area (Å²) in [5.41, 5.74) is 2.34. The van der Waals surface area contributed by atoms with Crippen molar-refractivity contribution in [3.8, 4) is 0 Å². The minimum atomic E-state index is -0.271. The minimum absolute atomic E-state index is 0.137. The molecule has 0 aliphatic heterocycles. The van der Waals surface area contributed by atoms with E-state index in [0.717, 1.165) is 11.1 Å². The molecule has 0 aliphatic rings. The molecule has 0 radical (unpaired) electrons. The average Bonchev–Trinajstić information content (AvgIpc) is 2.71. The third kappa shape index (κ3) is 5.13. The largest absolute Gasteiger partial charge is 0.366 e. The fourth-order valence-corrected chi connectivity index (χ4v) is 2.86. The third-order valence-electron chi connectivity index (χ3n) is 4.33. The summed E-state index contributed by atoms with van der Waals surface area (Å²) in [6.45, 7) is 5.29. The van der Waals surface area contributed by atoms with Gasteiger partial charge in [-0.2, -0.15) is 0 Å². The molecule has 3 aromatic rings. The van der Waals surface area contributed by atoms with Gasteiger partial charge in [-0.3, -0.25) is 4.79 Å². The maximum atomic E-state index is 13.0. The summed E-state index contributed by atoms with van der Waals surface area (Å²) < 4.78 is 13.0. The van der Waals surface area contributed by atoms with Crippen LogP contribution in [0, 0.1) is 12.7 Å². The van der Waals surface area contributed by atoms with Crippen molar-refractivity contribution < 1.29 is 9.18 Å². The van der Waals surface area contributed by atoms with E-state index in [4.69, 9.17) is 0 Å². The molecule has 0 bridgehead atoms. The molecule has 1 N–H and O–H groups in total. The first kappa shape index (κ1) is 19.5. The van der Waals surface area contributed by atoms with Gasteiger partial charge in [-0.05, 0) is 37.1 Å². The van der Waals surface area contributed by atoms with E-state index in [1.807, 2.05) is 37.3 Å². The lowest BCUT2D eigenvalue weighted by molar-refractivity contribution is 0.0746. The van der Waals surface area contributed by atoms with Gasteiger partial charge in [0.15, 0.2) is 0 Å². The second-order valence-corrected chi connectivity index (χ2v) is 6.47. The lowest BCUT2D eigenvalue weighted by Gasteiger charge is -2.21. The van der Waals surface area contributed by atoms with Crippen LogP contribution in [-0.2, 0) is 13.1 Å². The van der Waals surface area contributed by atoms with E-state index in [-0.39, 0.29) is 11.7 Å². The number of nitrogens with one attached hydrogen (secondary N) is 1. The van der Waals surface area contributed by atoms with Crippen LogP contribution in [0.2, 0.25) is 0 Å². The quantitative estimate of drug-likeness (QED) is 0.669. The number of nitrogens with zero attached hydrogens (tertiary/aromatic N) is 3. The van der Waals surface area contributed by atoms with Gasteiger partial charge >= 0.3 is 0 Å². The van der Waals surface area contributed by atoms with Crippen LogP contribution in [0.25, 0.3) is 0 Å². The summed E-state index contributed by atoms with van der Waals surface area (Å²) in [5, 5.41) is 3.18. The Labute approximate surface area is 164 Å². The monoisotopic (exact) mass is 378 g/mol. The van der Waals surface area contributed by atoms with Crippen molar-refractivity contribution in [3.05, 3.63) is 89.1 Å². The third-order valence-corrected chi connectivity index (χ3v) is 4.33. The molecule has 3 rings (SSSR count). The molecule has 0 fully saturated rings. The Hall–Kier alpha value is -3.28. The number of carbonyl (C=O) groups is 1. The highest BCUT2D eigenvalue weighted by Gasteiger charge is 2.17. The van der Waals surface area contributed by atoms with Crippen LogP contribution in [-0.4, -0.2) is 27.3 Å². The number of hydrogen-bond donors (Lipinski definition) is 1. The zero-order valence-corrected chi connectivity index (χ0v) is 16.0. The van der Waals surface area contributed by atoms with Crippen molar-refractivity contribution in [1.82, 2.24) is 14.9 Å². The maximum absolute atomic E-state index is 13.0. The molecule has 2 aromatic carbocycles. The lowest BCUT2D eigenvalue weighted by atomic mass is 10.2. The van der Waals surface area contributed by atoms with Gasteiger partial charge in [0, 0.05) is 25.7 Å². The highest BCUT2D eigenvalue weighted by molar-refractivity contribution is 5.93. The first-order chi connectivity index (χ1) is 13.5. The summed E-state index contributed by atoms with van der Waals surface area (Å²) in [4.78, 5) is 23.4. The summed E-state index contributed by atoms with van der Waals surface area (Å²) >= 11 is 0. The van der Waals surface area contributed by atoms with E-state index in [1.54, 1.807) is 30.0 Å². The Balaban J connectivity index is 1.73. The van der Waals surface area contributed by atoms with Crippen LogP contribution in [0.3, 0.4) is 0 Å². The van der Waals surface area contributed by atoms with E-state index in [9.17, 15) is 9.18 Å². The van der Waals surface area contributed by atoms with Crippen molar-refractivity contribution in [3.63, 3.8) is 0 Å². The van der Waals surface area contributed by atoms with E-state index >= 15 is 0 Å². The van der Waals surface area contributed by atoms with Gasteiger partial charge < -0.3 is 10.2 Å². The van der Waals surface area contributed by atoms with Gasteiger partial charge in [0.2, 0.25) is 0 Å². The molecular formula is C22H23FN4O. The van der Waals surface area contributed by atoms with Crippen molar-refractivity contribution >= 4 is 11.7 Å². The lowest BCUT2D eigenvalue weighted by Crippen LogP contribution is -2.31. The maximum Gasteiger partial charge on any atom is 0.272 e. The van der Waals surface area contributed by atoms with Crippen molar-refractivity contribution in [2.75, 3.05) is 11.9 Å². The zero-order valence-electron chi connectivity index (χ0n) is 16.0. The molecule has 144 valence electrons. The van der Waals surface area contributed by atoms with Crippen molar-refractivity contribution in [2.45, 2.75) is 26.9 Å². The van der Waals surface area contributed by atoms with Crippen LogP contribution in [0.5, 0.6) is 0 Å². The number of aryl methyl sites for hydroxylation is 1. The number of benzene rings is 2. The predicted molar refractivity (Wildman–Crippen MR) is 107 cm³/mol. The molecule has 0 unspecified atom stereocenters. The molecule has 0 saturated carbocycles. The Morgan fingerprint density at radius 3 is 2.43 bits per heavy atom. The molecule has 5 nitrogen and oxygen atoms in total. The molecule has 0 aliphatic carbocycles. The molecule has 0 atom stereocenters. The highest BCUT2D eigenvalue weighted by atomic mass is 19.1. The molecule has 6 heteroatoms. The van der Waals surface area contributed by atoms with E-state index in [2.05, 4.69) is 15.3 Å². The van der Waals surface area contributed by atoms with E-state index in [0.29, 0.717) is 37.0 Å². The number of aromatic nitrogens is 2. The van der Waals surface area contributed by atoms with Gasteiger partial charge in [0.25, 0.3) is 5.91 Å². The number of hydrogen-bond acceptors (Lipinski definition) is 4. The van der Waals surface area contributed by atoms with Crippen LogP contribution < -0.4 is 5.32 Å². The summed E-state index contributed by atoms with van der Waals surface area (Å²) in [6.07, 6.45) is 0. The number of rotatable bonds is 7. The minimum Gasteiger partial charge on any atom is -0.366 e. The van der Waals surface area contributed by atoms with Crippen molar-refractivity contribution in [1.29, 1.82) is 0 Å². The number of anilines is 1. The molecular weight excluding hydrogens is 355 g/mol. The SMILES string of the molecule is CCN(Cc1ccccc1)C(=O)c1cc(NCc2ccc(F)cc2)nc(C)n1. The first-order valence-electron chi connectivity index (χ1n) is 9.22. The van der Waals surface area contributed by atoms with Crippen molar-refractivity contribution in [2.24, 2.45) is 0 Å². The summed E-state index contributed by atoms with van der Waals surface area (Å²) in [6, 6.07) is 17.8. The molecule has 0 saturated heterocycles. The number of amides is 1. The zero-order chi connectivity index (χ0) is 19.9. The first-order valence-corrected chi connectivity index (χ1v) is 9.22. The fourth-order valence-electron chi connectivity index (χ4n) is 2.86. The van der Waals surface area contributed by atoms with Gasteiger partial charge in [-0.15, -0.1) is 0 Å². The molecule has 1 heterocycles. The second-order valence-electron chi connectivity index (χ2n) is 6.47. The van der Waals surface area contributed by atoms with Gasteiger partial charge in [0.1, 0.15) is 23.2 Å². The summed E-state index contributed by atoms with van der Waals surface area (Å²) in [7, 11) is 0. The van der Waals surface area contributed by atoms with Gasteiger partial charge in [0.05, 0.1) is 0 Å². The van der Waals surface area contributed by atoms with Crippen LogP contribution in [0.15, 0.2) is 60.7 Å². The average molecular weight is 378 g/mol. The molecule has 28 heavy (non-hydrogen) atoms. The van der Waals surface area contributed by atoms with Gasteiger partial charge in [-0.1, -0.05) is 42.5 Å². The highest BCUT2D eigenvalue weighted by Crippen LogP contribution is 2.13. The van der Waals surface area contributed by atoms with E-state index in [1.165, 1.54) is 12.1 Å². The Kier molecular flexibility index (Phi) is 6.32. The number of carbonyl (C=O) groups excluding carboxylic acids is 1. The van der Waals surface area contributed by atoms with Gasteiger partial charge in [-0.25, -0.2) is 14.4 Å². The van der Waals surface area contributed by atoms with Crippen LogP contribution in [0.4, 0.5) is 10.2 Å². The Morgan fingerprint density at radius 2 is 1.75 bits per heavy atom. The predicted octanol–water partition coefficient (Wildman–Crippen LogP) is 4.20. The van der Waals surface area contributed by atoms with Crippen LogP contribution >= 0.6 is 0 Å². The standard InChI is InChI=1S/C22H23FN4O/c1-3-27(15-18-7-5-4-6-8-18)22(28)20-13-21(26-16(2)25-20)24-14-17-9-11-19(23)12-10-17/h4-13H,3,14-15H2,1-2H3,(H,24,25,26). The van der Waals surface area contributed by atoms with Crippen LogP contribution in [0.1, 0.15) is 34.4 Å².